The monoisotopic (exact) mass is 392 g/mol. The highest BCUT2D eigenvalue weighted by Gasteiger charge is 2.02. The number of amides is 1. The van der Waals surface area contributed by atoms with Crippen LogP contribution in [0.3, 0.4) is 0 Å². The first-order chi connectivity index (χ1) is 11.6. The van der Waals surface area contributed by atoms with Gasteiger partial charge in [-0.05, 0) is 64.0 Å². The van der Waals surface area contributed by atoms with Crippen molar-refractivity contribution in [3.63, 3.8) is 0 Å². The van der Waals surface area contributed by atoms with Crippen LogP contribution in [0.15, 0.2) is 52.0 Å². The molecule has 0 heterocycles. The van der Waals surface area contributed by atoms with Gasteiger partial charge in [0.2, 0.25) is 0 Å². The summed E-state index contributed by atoms with van der Waals surface area (Å²) >= 11 is 3.39. The zero-order valence-electron chi connectivity index (χ0n) is 13.3. The predicted octanol–water partition coefficient (Wildman–Crippen LogP) is 3.00. The molecular weight excluding hydrogens is 376 g/mol. The Morgan fingerprint density at radius 3 is 2.46 bits per heavy atom. The van der Waals surface area contributed by atoms with Crippen molar-refractivity contribution in [1.29, 1.82) is 0 Å². The molecule has 0 bridgehead atoms. The number of hydrogen-bond acceptors (Lipinski definition) is 5. The molecule has 0 unspecified atom stereocenters. The van der Waals surface area contributed by atoms with Crippen LogP contribution >= 0.6 is 15.9 Å². The lowest BCUT2D eigenvalue weighted by Gasteiger charge is -2.06. The highest BCUT2D eigenvalue weighted by Crippen LogP contribution is 2.24. The fourth-order valence-electron chi connectivity index (χ4n) is 1.79. The maximum Gasteiger partial charge on any atom is 0.277 e. The summed E-state index contributed by atoms with van der Waals surface area (Å²) in [6.45, 7) is -0.129. The molecule has 0 aromatic heterocycles. The maximum atomic E-state index is 11.7. The van der Waals surface area contributed by atoms with E-state index < -0.39 is 0 Å². The maximum absolute atomic E-state index is 11.7. The van der Waals surface area contributed by atoms with Crippen molar-refractivity contribution >= 4 is 28.1 Å². The van der Waals surface area contributed by atoms with Crippen LogP contribution in [0.5, 0.6) is 17.2 Å². The molecule has 0 aliphatic carbocycles. The molecule has 0 aliphatic rings. The zero-order chi connectivity index (χ0) is 17.4. The molecule has 7 heteroatoms. The van der Waals surface area contributed by atoms with Crippen LogP contribution in [-0.2, 0) is 4.79 Å². The third-order valence-electron chi connectivity index (χ3n) is 3.01. The number of ether oxygens (including phenoxy) is 3. The fourth-order valence-corrected chi connectivity index (χ4v) is 2.35. The standard InChI is InChI=1S/C17H17BrN2O4/c1-22-13-4-6-14(7-5-13)24-11-17(21)20-19-10-12-3-8-16(23-2)15(18)9-12/h3-10H,11H2,1-2H3,(H,20,21)/b19-10-. The first kappa shape index (κ1) is 17.8. The smallest absolute Gasteiger partial charge is 0.277 e. The second kappa shape index (κ2) is 8.93. The van der Waals surface area contributed by atoms with Crippen molar-refractivity contribution in [2.75, 3.05) is 20.8 Å². The minimum Gasteiger partial charge on any atom is -0.497 e. The second-order valence-electron chi connectivity index (χ2n) is 4.65. The Bertz CT molecular complexity index is 717. The Morgan fingerprint density at radius 2 is 1.83 bits per heavy atom. The number of nitrogens with zero attached hydrogens (tertiary/aromatic N) is 1. The summed E-state index contributed by atoms with van der Waals surface area (Å²) < 4.78 is 16.4. The van der Waals surface area contributed by atoms with Crippen LogP contribution in [0.1, 0.15) is 5.56 Å². The zero-order valence-corrected chi connectivity index (χ0v) is 14.9. The van der Waals surface area contributed by atoms with Crippen LogP contribution in [0.2, 0.25) is 0 Å². The summed E-state index contributed by atoms with van der Waals surface area (Å²) in [5.74, 6) is 1.68. The van der Waals surface area contributed by atoms with E-state index >= 15 is 0 Å². The topological polar surface area (TPSA) is 69.2 Å². The van der Waals surface area contributed by atoms with E-state index in [9.17, 15) is 4.79 Å². The number of carbonyl (C=O) groups is 1. The third-order valence-corrected chi connectivity index (χ3v) is 3.63. The fraction of sp³-hybridized carbons (Fsp3) is 0.176. The summed E-state index contributed by atoms with van der Waals surface area (Å²) in [4.78, 5) is 11.7. The minimum absolute atomic E-state index is 0.129. The van der Waals surface area contributed by atoms with Crippen molar-refractivity contribution in [1.82, 2.24) is 5.43 Å². The average Bonchev–Trinajstić information content (AvgIpc) is 2.60. The van der Waals surface area contributed by atoms with Crippen molar-refractivity contribution < 1.29 is 19.0 Å². The normalized spacial score (nSPS) is 10.5. The number of rotatable bonds is 7. The number of halogens is 1. The predicted molar refractivity (Wildman–Crippen MR) is 94.9 cm³/mol. The van der Waals surface area contributed by atoms with Gasteiger partial charge in [-0.2, -0.15) is 5.10 Å². The Labute approximate surface area is 148 Å². The molecule has 2 aromatic carbocycles. The number of benzene rings is 2. The quantitative estimate of drug-likeness (QED) is 0.580. The Kier molecular flexibility index (Phi) is 6.62. The van der Waals surface area contributed by atoms with E-state index in [1.807, 2.05) is 12.1 Å². The van der Waals surface area contributed by atoms with Gasteiger partial charge < -0.3 is 14.2 Å². The molecule has 2 rings (SSSR count). The highest BCUT2D eigenvalue weighted by molar-refractivity contribution is 9.10. The van der Waals surface area contributed by atoms with E-state index in [2.05, 4.69) is 26.5 Å². The van der Waals surface area contributed by atoms with Gasteiger partial charge in [0.15, 0.2) is 6.61 Å². The SMILES string of the molecule is COc1ccc(OCC(=O)N/N=C\c2ccc(OC)c(Br)c2)cc1. The first-order valence-electron chi connectivity index (χ1n) is 7.04. The Hall–Kier alpha value is -2.54. The van der Waals surface area contributed by atoms with Gasteiger partial charge in [0, 0.05) is 0 Å². The highest BCUT2D eigenvalue weighted by atomic mass is 79.9. The Balaban J connectivity index is 1.80. The summed E-state index contributed by atoms with van der Waals surface area (Å²) in [6.07, 6.45) is 1.54. The number of hydrazone groups is 1. The van der Waals surface area contributed by atoms with Crippen LogP contribution in [-0.4, -0.2) is 32.9 Å². The molecule has 126 valence electrons. The van der Waals surface area contributed by atoms with Crippen molar-refractivity contribution in [3.8, 4) is 17.2 Å². The molecule has 0 fully saturated rings. The summed E-state index contributed by atoms with van der Waals surface area (Å²) in [7, 11) is 3.18. The van der Waals surface area contributed by atoms with Gasteiger partial charge in [0.05, 0.1) is 24.9 Å². The molecule has 24 heavy (non-hydrogen) atoms. The van der Waals surface area contributed by atoms with Gasteiger partial charge in [-0.25, -0.2) is 5.43 Å². The van der Waals surface area contributed by atoms with E-state index in [1.165, 1.54) is 6.21 Å². The van der Waals surface area contributed by atoms with E-state index in [4.69, 9.17) is 14.2 Å². The second-order valence-corrected chi connectivity index (χ2v) is 5.51. The van der Waals surface area contributed by atoms with Crippen LogP contribution in [0, 0.1) is 0 Å². The molecule has 0 radical (unpaired) electrons. The van der Waals surface area contributed by atoms with Gasteiger partial charge in [-0.3, -0.25) is 4.79 Å². The lowest BCUT2D eigenvalue weighted by atomic mass is 10.2. The van der Waals surface area contributed by atoms with Crippen LogP contribution in [0.4, 0.5) is 0 Å². The summed E-state index contributed by atoms with van der Waals surface area (Å²) in [5.41, 5.74) is 3.22. The lowest BCUT2D eigenvalue weighted by Crippen LogP contribution is -2.24. The summed E-state index contributed by atoms with van der Waals surface area (Å²) in [5, 5.41) is 3.89. The van der Waals surface area contributed by atoms with E-state index in [0.717, 1.165) is 21.5 Å². The van der Waals surface area contributed by atoms with Crippen LogP contribution in [0.25, 0.3) is 0 Å². The molecule has 2 aromatic rings. The van der Waals surface area contributed by atoms with Crippen LogP contribution < -0.4 is 19.6 Å². The van der Waals surface area contributed by atoms with Gasteiger partial charge in [-0.1, -0.05) is 0 Å². The number of hydrogen-bond donors (Lipinski definition) is 1. The van der Waals surface area contributed by atoms with Gasteiger partial charge in [-0.15, -0.1) is 0 Å². The van der Waals surface area contributed by atoms with Crippen molar-refractivity contribution in [3.05, 3.63) is 52.5 Å². The molecule has 1 N–H and O–H groups in total. The third kappa shape index (κ3) is 5.27. The molecule has 0 atom stereocenters. The molecule has 1 amide bonds. The molecule has 0 spiro atoms. The summed E-state index contributed by atoms with van der Waals surface area (Å²) in [6, 6.07) is 12.4. The lowest BCUT2D eigenvalue weighted by molar-refractivity contribution is -0.123. The van der Waals surface area contributed by atoms with E-state index in [0.29, 0.717) is 5.75 Å². The molecule has 0 aliphatic heterocycles. The van der Waals surface area contributed by atoms with Crippen molar-refractivity contribution in [2.24, 2.45) is 5.10 Å². The van der Waals surface area contributed by atoms with E-state index in [-0.39, 0.29) is 12.5 Å². The molecular formula is C17H17BrN2O4. The number of carbonyl (C=O) groups excluding carboxylic acids is 1. The van der Waals surface area contributed by atoms with E-state index in [1.54, 1.807) is 44.6 Å². The number of methoxy groups -OCH3 is 2. The minimum atomic E-state index is -0.352. The first-order valence-corrected chi connectivity index (χ1v) is 7.84. The Morgan fingerprint density at radius 1 is 1.12 bits per heavy atom. The molecule has 0 saturated heterocycles. The molecule has 6 nitrogen and oxygen atoms in total. The van der Waals surface area contributed by atoms with Gasteiger partial charge >= 0.3 is 0 Å². The largest absolute Gasteiger partial charge is 0.497 e. The van der Waals surface area contributed by atoms with Gasteiger partial charge in [0.25, 0.3) is 5.91 Å². The average molecular weight is 393 g/mol. The van der Waals surface area contributed by atoms with Gasteiger partial charge in [0.1, 0.15) is 17.2 Å². The number of nitrogens with one attached hydrogen (secondary N) is 1. The molecule has 0 saturated carbocycles. The van der Waals surface area contributed by atoms with Crippen molar-refractivity contribution in [2.45, 2.75) is 0 Å².